The zero-order valence-corrected chi connectivity index (χ0v) is 7.88. The molecular weight excluding hydrogens is 185 g/mol. The van der Waals surface area contributed by atoms with E-state index in [4.69, 9.17) is 5.73 Å². The molecule has 0 heterocycles. The lowest BCUT2D eigenvalue weighted by Gasteiger charge is -2.07. The molecular formula is C10H12FNO2. The molecule has 0 aliphatic heterocycles. The van der Waals surface area contributed by atoms with Crippen LogP contribution >= 0.6 is 0 Å². The fourth-order valence-corrected chi connectivity index (χ4v) is 1.27. The first kappa shape index (κ1) is 10.7. The minimum absolute atomic E-state index is 0.0375. The van der Waals surface area contributed by atoms with Crippen LogP contribution in [0, 0.1) is 12.7 Å². The number of rotatable bonds is 3. The summed E-state index contributed by atoms with van der Waals surface area (Å²) < 4.78 is 12.9. The van der Waals surface area contributed by atoms with E-state index in [1.54, 1.807) is 6.92 Å². The summed E-state index contributed by atoms with van der Waals surface area (Å²) in [5.74, 6) is -1.69. The Bertz CT molecular complexity index is 363. The largest absolute Gasteiger partial charge is 0.504 e. The molecule has 14 heavy (non-hydrogen) atoms. The molecule has 4 heteroatoms. The van der Waals surface area contributed by atoms with Crippen LogP contribution in [0.15, 0.2) is 12.1 Å². The highest BCUT2D eigenvalue weighted by Crippen LogP contribution is 2.25. The highest BCUT2D eigenvalue weighted by Gasteiger charge is 2.16. The minimum atomic E-state index is -0.782. The number of carbonyl (C=O) groups is 1. The van der Waals surface area contributed by atoms with Crippen LogP contribution in [0.5, 0.6) is 5.75 Å². The predicted molar refractivity (Wildman–Crippen MR) is 50.8 cm³/mol. The maximum absolute atomic E-state index is 12.9. The fraction of sp³-hybridized carbons (Fsp3) is 0.300. The smallest absolute Gasteiger partial charge is 0.168 e. The monoisotopic (exact) mass is 197 g/mol. The molecule has 0 spiro atoms. The van der Waals surface area contributed by atoms with Gasteiger partial charge in [-0.15, -0.1) is 0 Å². The van der Waals surface area contributed by atoms with Gasteiger partial charge in [0.25, 0.3) is 0 Å². The van der Waals surface area contributed by atoms with Gasteiger partial charge >= 0.3 is 0 Å². The third-order valence-electron chi connectivity index (χ3n) is 1.99. The molecule has 3 N–H and O–H groups in total. The standard InChI is InChI=1S/C10H12FNO2/c1-6-2-3-7(11)10(14)9(6)8(13)4-5-12/h2-3,14H,4-5,12H2,1H3. The number of benzene rings is 1. The fourth-order valence-electron chi connectivity index (χ4n) is 1.27. The van der Waals surface area contributed by atoms with Crippen LogP contribution in [0.25, 0.3) is 0 Å². The van der Waals surface area contributed by atoms with Gasteiger partial charge in [-0.05, 0) is 25.1 Å². The Balaban J connectivity index is 3.18. The Hall–Kier alpha value is -1.42. The van der Waals surface area contributed by atoms with Crippen molar-refractivity contribution in [3.8, 4) is 5.75 Å². The lowest BCUT2D eigenvalue weighted by Crippen LogP contribution is -2.10. The maximum atomic E-state index is 12.9. The number of hydrogen-bond donors (Lipinski definition) is 2. The van der Waals surface area contributed by atoms with Crippen LogP contribution in [0.1, 0.15) is 22.3 Å². The quantitative estimate of drug-likeness (QED) is 0.719. The number of aryl methyl sites for hydroxylation is 1. The van der Waals surface area contributed by atoms with E-state index in [0.717, 1.165) is 6.07 Å². The van der Waals surface area contributed by atoms with Gasteiger partial charge in [0.2, 0.25) is 0 Å². The molecule has 0 radical (unpaired) electrons. The summed E-state index contributed by atoms with van der Waals surface area (Å²) in [6.45, 7) is 1.83. The van der Waals surface area contributed by atoms with E-state index >= 15 is 0 Å². The second kappa shape index (κ2) is 4.19. The Morgan fingerprint density at radius 3 is 2.79 bits per heavy atom. The minimum Gasteiger partial charge on any atom is -0.504 e. The molecule has 0 unspecified atom stereocenters. The molecule has 0 saturated carbocycles. The molecule has 0 bridgehead atoms. The molecule has 0 saturated heterocycles. The summed E-state index contributed by atoms with van der Waals surface area (Å²) in [5, 5.41) is 9.34. The van der Waals surface area contributed by atoms with Crippen molar-refractivity contribution in [2.24, 2.45) is 5.73 Å². The Morgan fingerprint density at radius 2 is 2.21 bits per heavy atom. The summed E-state index contributed by atoms with van der Waals surface area (Å²) >= 11 is 0. The molecule has 76 valence electrons. The zero-order valence-electron chi connectivity index (χ0n) is 7.88. The molecule has 0 atom stereocenters. The van der Waals surface area contributed by atoms with Crippen molar-refractivity contribution in [1.29, 1.82) is 0 Å². The first-order valence-electron chi connectivity index (χ1n) is 4.29. The Morgan fingerprint density at radius 1 is 1.57 bits per heavy atom. The van der Waals surface area contributed by atoms with Gasteiger partial charge < -0.3 is 10.8 Å². The molecule has 1 aromatic carbocycles. The number of Topliss-reactive ketones (excluding diaryl/α,β-unsaturated/α-hetero) is 1. The number of carbonyl (C=O) groups excluding carboxylic acids is 1. The average Bonchev–Trinajstić information content (AvgIpc) is 2.13. The third kappa shape index (κ3) is 1.90. The second-order valence-electron chi connectivity index (χ2n) is 3.05. The van der Waals surface area contributed by atoms with E-state index in [1.807, 2.05) is 0 Å². The van der Waals surface area contributed by atoms with Crippen molar-refractivity contribution in [3.63, 3.8) is 0 Å². The van der Waals surface area contributed by atoms with Gasteiger partial charge in [-0.2, -0.15) is 0 Å². The van der Waals surface area contributed by atoms with Crippen LogP contribution in [0.4, 0.5) is 4.39 Å². The van der Waals surface area contributed by atoms with Crippen molar-refractivity contribution in [2.45, 2.75) is 13.3 Å². The first-order chi connectivity index (χ1) is 6.57. The van der Waals surface area contributed by atoms with Crippen molar-refractivity contribution >= 4 is 5.78 Å². The lowest BCUT2D eigenvalue weighted by atomic mass is 10.0. The molecule has 1 rings (SSSR count). The van der Waals surface area contributed by atoms with E-state index in [-0.39, 0.29) is 24.3 Å². The van der Waals surface area contributed by atoms with E-state index in [9.17, 15) is 14.3 Å². The molecule has 0 amide bonds. The molecule has 0 aliphatic carbocycles. The summed E-state index contributed by atoms with van der Waals surface area (Å²) in [6.07, 6.45) is 0.109. The molecule has 0 aromatic heterocycles. The third-order valence-corrected chi connectivity index (χ3v) is 1.99. The van der Waals surface area contributed by atoms with E-state index < -0.39 is 11.6 Å². The van der Waals surface area contributed by atoms with Crippen molar-refractivity contribution in [3.05, 3.63) is 29.1 Å². The van der Waals surface area contributed by atoms with Crippen LogP contribution in [0.2, 0.25) is 0 Å². The number of halogens is 1. The van der Waals surface area contributed by atoms with Gasteiger partial charge in [-0.3, -0.25) is 4.79 Å². The van der Waals surface area contributed by atoms with Crippen LogP contribution in [0.3, 0.4) is 0 Å². The van der Waals surface area contributed by atoms with Crippen LogP contribution in [-0.4, -0.2) is 17.4 Å². The molecule has 1 aromatic rings. The van der Waals surface area contributed by atoms with Gasteiger partial charge in [0.15, 0.2) is 17.3 Å². The van der Waals surface area contributed by atoms with Gasteiger partial charge in [-0.1, -0.05) is 6.07 Å². The van der Waals surface area contributed by atoms with Crippen LogP contribution in [-0.2, 0) is 0 Å². The molecule has 0 fully saturated rings. The van der Waals surface area contributed by atoms with E-state index in [1.165, 1.54) is 6.07 Å². The summed E-state index contributed by atoms with van der Waals surface area (Å²) in [7, 11) is 0. The second-order valence-corrected chi connectivity index (χ2v) is 3.05. The Labute approximate surface area is 81.4 Å². The normalized spacial score (nSPS) is 10.2. The first-order valence-corrected chi connectivity index (χ1v) is 4.29. The molecule has 0 aliphatic rings. The number of nitrogens with two attached hydrogens (primary N) is 1. The van der Waals surface area contributed by atoms with Crippen molar-refractivity contribution in [2.75, 3.05) is 6.54 Å². The number of phenolic OH excluding ortho intramolecular Hbond substituents is 1. The van der Waals surface area contributed by atoms with E-state index in [2.05, 4.69) is 0 Å². The highest BCUT2D eigenvalue weighted by atomic mass is 19.1. The number of hydrogen-bond acceptors (Lipinski definition) is 3. The number of ketones is 1. The summed E-state index contributed by atoms with van der Waals surface area (Å²) in [4.78, 5) is 11.4. The van der Waals surface area contributed by atoms with E-state index in [0.29, 0.717) is 5.56 Å². The Kier molecular flexibility index (Phi) is 3.19. The molecule has 3 nitrogen and oxygen atoms in total. The lowest BCUT2D eigenvalue weighted by molar-refractivity contribution is 0.0981. The SMILES string of the molecule is Cc1ccc(F)c(O)c1C(=O)CCN. The number of aromatic hydroxyl groups is 1. The maximum Gasteiger partial charge on any atom is 0.168 e. The summed E-state index contributed by atoms with van der Waals surface area (Å²) in [5.41, 5.74) is 5.80. The summed E-state index contributed by atoms with van der Waals surface area (Å²) in [6, 6.07) is 2.59. The van der Waals surface area contributed by atoms with Gasteiger partial charge in [0, 0.05) is 6.42 Å². The highest BCUT2D eigenvalue weighted by molar-refractivity contribution is 6.00. The average molecular weight is 197 g/mol. The topological polar surface area (TPSA) is 63.3 Å². The van der Waals surface area contributed by atoms with Crippen molar-refractivity contribution < 1.29 is 14.3 Å². The van der Waals surface area contributed by atoms with Gasteiger partial charge in [0.05, 0.1) is 5.56 Å². The number of phenols is 1. The van der Waals surface area contributed by atoms with Gasteiger partial charge in [0.1, 0.15) is 0 Å². The van der Waals surface area contributed by atoms with Crippen molar-refractivity contribution in [1.82, 2.24) is 0 Å². The predicted octanol–water partition coefficient (Wildman–Crippen LogP) is 1.37. The zero-order chi connectivity index (χ0) is 10.7. The van der Waals surface area contributed by atoms with Gasteiger partial charge in [-0.25, -0.2) is 4.39 Å². The van der Waals surface area contributed by atoms with Crippen LogP contribution < -0.4 is 5.73 Å².